The zero-order chi connectivity index (χ0) is 14.4. The van der Waals surface area contributed by atoms with E-state index in [1.807, 2.05) is 6.07 Å². The standard InChI is InChI=1S/C15H14N2O3/c1-2-5-17-15(18)12(10-16)8-11-3-4-13-14(9-11)20-7-6-19-13/h2-4,8-9H,1,5-7H2,(H,17,18)/b12-8+. The molecule has 0 fully saturated rings. The van der Waals surface area contributed by atoms with E-state index in [4.69, 9.17) is 14.7 Å². The molecule has 0 spiro atoms. The first kappa shape index (κ1) is 13.7. The highest BCUT2D eigenvalue weighted by Crippen LogP contribution is 2.31. The fourth-order valence-electron chi connectivity index (χ4n) is 1.73. The molecule has 0 atom stereocenters. The Bertz CT molecular complexity index is 600. The predicted molar refractivity (Wildman–Crippen MR) is 74.2 cm³/mol. The van der Waals surface area contributed by atoms with Crippen molar-refractivity contribution in [3.63, 3.8) is 0 Å². The molecule has 1 aromatic rings. The summed E-state index contributed by atoms with van der Waals surface area (Å²) in [6.07, 6.45) is 3.06. The van der Waals surface area contributed by atoms with Gasteiger partial charge in [-0.3, -0.25) is 4.79 Å². The number of amides is 1. The molecule has 5 nitrogen and oxygen atoms in total. The minimum atomic E-state index is -0.428. The normalized spacial score (nSPS) is 13.2. The lowest BCUT2D eigenvalue weighted by molar-refractivity contribution is -0.116. The Morgan fingerprint density at radius 1 is 1.40 bits per heavy atom. The molecular weight excluding hydrogens is 256 g/mol. The Kier molecular flexibility index (Phi) is 4.40. The highest BCUT2D eigenvalue weighted by molar-refractivity contribution is 6.01. The van der Waals surface area contributed by atoms with Crippen LogP contribution in [0.3, 0.4) is 0 Å². The van der Waals surface area contributed by atoms with Gasteiger partial charge in [0.05, 0.1) is 0 Å². The van der Waals surface area contributed by atoms with Crippen LogP contribution in [0, 0.1) is 11.3 Å². The first-order chi connectivity index (χ1) is 9.74. The Morgan fingerprint density at radius 3 is 2.85 bits per heavy atom. The van der Waals surface area contributed by atoms with Crippen LogP contribution in [-0.2, 0) is 4.79 Å². The second-order valence-electron chi connectivity index (χ2n) is 4.07. The van der Waals surface area contributed by atoms with Gasteiger partial charge in [0.25, 0.3) is 5.91 Å². The first-order valence-electron chi connectivity index (χ1n) is 6.15. The second kappa shape index (κ2) is 6.43. The summed E-state index contributed by atoms with van der Waals surface area (Å²) < 4.78 is 10.9. The van der Waals surface area contributed by atoms with Crippen molar-refractivity contribution in [2.45, 2.75) is 0 Å². The molecule has 0 unspecified atom stereocenters. The van der Waals surface area contributed by atoms with E-state index in [2.05, 4.69) is 11.9 Å². The number of hydrogen-bond acceptors (Lipinski definition) is 4. The summed E-state index contributed by atoms with van der Waals surface area (Å²) in [5, 5.41) is 11.6. The molecule has 1 heterocycles. The molecule has 0 bridgehead atoms. The van der Waals surface area contributed by atoms with E-state index in [0.717, 1.165) is 0 Å². The molecule has 2 rings (SSSR count). The molecule has 102 valence electrons. The smallest absolute Gasteiger partial charge is 0.262 e. The van der Waals surface area contributed by atoms with Gasteiger partial charge in [-0.15, -0.1) is 6.58 Å². The fraction of sp³-hybridized carbons (Fsp3) is 0.200. The molecule has 5 heteroatoms. The fourth-order valence-corrected chi connectivity index (χ4v) is 1.73. The summed E-state index contributed by atoms with van der Waals surface area (Å²) in [6.45, 7) is 4.84. The topological polar surface area (TPSA) is 71.4 Å². The number of nitrogens with zero attached hydrogens (tertiary/aromatic N) is 1. The van der Waals surface area contributed by atoms with Crippen LogP contribution in [-0.4, -0.2) is 25.7 Å². The SMILES string of the molecule is C=CCNC(=O)/C(C#N)=C/c1ccc2c(c1)OCCO2. The van der Waals surface area contributed by atoms with Crippen molar-refractivity contribution in [1.29, 1.82) is 5.26 Å². The van der Waals surface area contributed by atoms with Crippen molar-refractivity contribution >= 4 is 12.0 Å². The Labute approximate surface area is 117 Å². The van der Waals surface area contributed by atoms with Gasteiger partial charge in [-0.2, -0.15) is 5.26 Å². The largest absolute Gasteiger partial charge is 0.486 e. The van der Waals surface area contributed by atoms with Gasteiger partial charge in [-0.1, -0.05) is 12.1 Å². The maximum atomic E-state index is 11.7. The maximum Gasteiger partial charge on any atom is 0.262 e. The third-order valence-electron chi connectivity index (χ3n) is 2.65. The van der Waals surface area contributed by atoms with Crippen molar-refractivity contribution in [2.75, 3.05) is 19.8 Å². The van der Waals surface area contributed by atoms with Crippen molar-refractivity contribution in [3.05, 3.63) is 42.0 Å². The van der Waals surface area contributed by atoms with Crippen molar-refractivity contribution in [2.24, 2.45) is 0 Å². The van der Waals surface area contributed by atoms with E-state index in [1.54, 1.807) is 24.3 Å². The second-order valence-corrected chi connectivity index (χ2v) is 4.07. The number of ether oxygens (including phenoxy) is 2. The van der Waals surface area contributed by atoms with Gasteiger partial charge in [-0.05, 0) is 23.8 Å². The number of nitrogens with one attached hydrogen (secondary N) is 1. The molecule has 1 N–H and O–H groups in total. The summed E-state index contributed by atoms with van der Waals surface area (Å²) in [5.41, 5.74) is 0.739. The molecule has 0 saturated heterocycles. The summed E-state index contributed by atoms with van der Waals surface area (Å²) in [6, 6.07) is 7.16. The molecule has 20 heavy (non-hydrogen) atoms. The van der Waals surface area contributed by atoms with E-state index >= 15 is 0 Å². The van der Waals surface area contributed by atoms with Gasteiger partial charge >= 0.3 is 0 Å². The van der Waals surface area contributed by atoms with Gasteiger partial charge in [0.15, 0.2) is 11.5 Å². The highest BCUT2D eigenvalue weighted by Gasteiger charge is 2.12. The molecule has 0 radical (unpaired) electrons. The molecule has 1 aliphatic rings. The third kappa shape index (κ3) is 3.18. The lowest BCUT2D eigenvalue weighted by atomic mass is 10.1. The average Bonchev–Trinajstić information content (AvgIpc) is 2.50. The molecule has 0 aromatic heterocycles. The van der Waals surface area contributed by atoms with Crippen LogP contribution >= 0.6 is 0 Å². The van der Waals surface area contributed by atoms with E-state index in [0.29, 0.717) is 36.8 Å². The van der Waals surface area contributed by atoms with E-state index in [9.17, 15) is 4.79 Å². The summed E-state index contributed by atoms with van der Waals surface area (Å²) in [7, 11) is 0. The van der Waals surface area contributed by atoms with Crippen LogP contribution in [0.25, 0.3) is 6.08 Å². The molecule has 1 aliphatic heterocycles. The number of fused-ring (bicyclic) bond motifs is 1. The predicted octanol–water partition coefficient (Wildman–Crippen LogP) is 1.67. The van der Waals surface area contributed by atoms with E-state index < -0.39 is 5.91 Å². The van der Waals surface area contributed by atoms with Crippen LogP contribution in [0.5, 0.6) is 11.5 Å². The average molecular weight is 270 g/mol. The van der Waals surface area contributed by atoms with Crippen LogP contribution in [0.4, 0.5) is 0 Å². The number of benzene rings is 1. The third-order valence-corrected chi connectivity index (χ3v) is 2.65. The zero-order valence-electron chi connectivity index (χ0n) is 10.9. The van der Waals surface area contributed by atoms with E-state index in [1.165, 1.54) is 6.08 Å². The number of nitriles is 1. The van der Waals surface area contributed by atoms with Crippen LogP contribution < -0.4 is 14.8 Å². The Balaban J connectivity index is 2.21. The summed E-state index contributed by atoms with van der Waals surface area (Å²) in [4.78, 5) is 11.7. The monoisotopic (exact) mass is 270 g/mol. The number of hydrogen-bond donors (Lipinski definition) is 1. The van der Waals surface area contributed by atoms with Gasteiger partial charge in [-0.25, -0.2) is 0 Å². The molecule has 0 saturated carbocycles. The van der Waals surface area contributed by atoms with Crippen molar-refractivity contribution in [1.82, 2.24) is 5.32 Å². The minimum absolute atomic E-state index is 0.0310. The van der Waals surface area contributed by atoms with Gasteiger partial charge in [0.2, 0.25) is 0 Å². The van der Waals surface area contributed by atoms with Crippen molar-refractivity contribution < 1.29 is 14.3 Å². The Hall–Kier alpha value is -2.74. The van der Waals surface area contributed by atoms with Crippen LogP contribution in [0.2, 0.25) is 0 Å². The highest BCUT2D eigenvalue weighted by atomic mass is 16.6. The summed E-state index contributed by atoms with van der Waals surface area (Å²) >= 11 is 0. The number of carbonyl (C=O) groups excluding carboxylic acids is 1. The quantitative estimate of drug-likeness (QED) is 0.513. The molecule has 0 aliphatic carbocycles. The molecular formula is C15H14N2O3. The van der Waals surface area contributed by atoms with Crippen LogP contribution in [0.15, 0.2) is 36.4 Å². The Morgan fingerprint density at radius 2 is 2.15 bits per heavy atom. The maximum absolute atomic E-state index is 11.7. The molecule has 1 amide bonds. The lowest BCUT2D eigenvalue weighted by Crippen LogP contribution is -2.24. The van der Waals surface area contributed by atoms with Gasteiger partial charge in [0, 0.05) is 6.54 Å². The van der Waals surface area contributed by atoms with Crippen molar-refractivity contribution in [3.8, 4) is 17.6 Å². The van der Waals surface area contributed by atoms with Gasteiger partial charge < -0.3 is 14.8 Å². The molecule has 1 aromatic carbocycles. The lowest BCUT2D eigenvalue weighted by Gasteiger charge is -2.18. The van der Waals surface area contributed by atoms with Crippen LogP contribution in [0.1, 0.15) is 5.56 Å². The van der Waals surface area contributed by atoms with E-state index in [-0.39, 0.29) is 5.57 Å². The summed E-state index contributed by atoms with van der Waals surface area (Å²) in [5.74, 6) is 0.860. The minimum Gasteiger partial charge on any atom is -0.486 e. The van der Waals surface area contributed by atoms with Gasteiger partial charge in [0.1, 0.15) is 24.9 Å². The number of carbonyl (C=O) groups is 1. The number of rotatable bonds is 4. The first-order valence-corrected chi connectivity index (χ1v) is 6.15. The zero-order valence-corrected chi connectivity index (χ0v) is 10.9.